The molecule has 0 heteroatoms. The summed E-state index contributed by atoms with van der Waals surface area (Å²) in [4.78, 5) is 0. The second-order valence-corrected chi connectivity index (χ2v) is 4.77. The molecule has 0 amide bonds. The Morgan fingerprint density at radius 1 is 0.895 bits per heavy atom. The molecule has 0 fully saturated rings. The van der Waals surface area contributed by atoms with Crippen molar-refractivity contribution < 1.29 is 0 Å². The zero-order chi connectivity index (χ0) is 13.7. The smallest absolute Gasteiger partial charge is 0.0155 e. The van der Waals surface area contributed by atoms with Crippen molar-refractivity contribution in [2.75, 3.05) is 0 Å². The molecular formula is C19H20. The lowest BCUT2D eigenvalue weighted by molar-refractivity contribution is 1.43. The zero-order valence-corrected chi connectivity index (χ0v) is 11.9. The second-order valence-electron chi connectivity index (χ2n) is 4.77. The molecule has 0 N–H and O–H groups in total. The Bertz CT molecular complexity index is 605. The minimum atomic E-state index is 1.25. The monoisotopic (exact) mass is 248 g/mol. The van der Waals surface area contributed by atoms with Crippen molar-refractivity contribution in [3.63, 3.8) is 0 Å². The average molecular weight is 248 g/mol. The van der Waals surface area contributed by atoms with Gasteiger partial charge in [-0.25, -0.2) is 0 Å². The van der Waals surface area contributed by atoms with Gasteiger partial charge >= 0.3 is 0 Å². The van der Waals surface area contributed by atoms with Gasteiger partial charge in [0.1, 0.15) is 0 Å². The Balaban J connectivity index is 2.57. The van der Waals surface area contributed by atoms with Gasteiger partial charge in [-0.15, -0.1) is 0 Å². The summed E-state index contributed by atoms with van der Waals surface area (Å²) in [5.74, 6) is 0. The molecule has 0 aliphatic heterocycles. The predicted octanol–water partition coefficient (Wildman–Crippen LogP) is 5.57. The van der Waals surface area contributed by atoms with Gasteiger partial charge in [0, 0.05) is 0 Å². The van der Waals surface area contributed by atoms with Gasteiger partial charge in [-0.05, 0) is 48.6 Å². The molecule has 1 aromatic rings. The first kappa shape index (κ1) is 13.4. The van der Waals surface area contributed by atoms with E-state index in [0.29, 0.717) is 0 Å². The Labute approximate surface area is 116 Å². The molecule has 0 saturated heterocycles. The van der Waals surface area contributed by atoms with Crippen LogP contribution in [-0.4, -0.2) is 0 Å². The summed E-state index contributed by atoms with van der Waals surface area (Å²) in [6.07, 6.45) is 15.1. The minimum absolute atomic E-state index is 1.25. The Kier molecular flexibility index (Phi) is 4.35. The van der Waals surface area contributed by atoms with Crippen LogP contribution in [-0.2, 0) is 0 Å². The van der Waals surface area contributed by atoms with E-state index in [1.165, 1.54) is 27.8 Å². The van der Waals surface area contributed by atoms with Gasteiger partial charge in [-0.2, -0.15) is 0 Å². The van der Waals surface area contributed by atoms with Crippen LogP contribution in [0.15, 0.2) is 71.9 Å². The van der Waals surface area contributed by atoms with Gasteiger partial charge < -0.3 is 0 Å². The fourth-order valence-electron chi connectivity index (χ4n) is 2.14. The highest BCUT2D eigenvalue weighted by atomic mass is 14.1. The maximum Gasteiger partial charge on any atom is -0.0155 e. The van der Waals surface area contributed by atoms with E-state index in [2.05, 4.69) is 80.6 Å². The summed E-state index contributed by atoms with van der Waals surface area (Å²) in [6, 6.07) is 8.52. The Morgan fingerprint density at radius 3 is 2.42 bits per heavy atom. The van der Waals surface area contributed by atoms with E-state index in [4.69, 9.17) is 0 Å². The zero-order valence-electron chi connectivity index (χ0n) is 11.9. The van der Waals surface area contributed by atoms with E-state index in [-0.39, 0.29) is 0 Å². The molecule has 1 aromatic carbocycles. The molecule has 1 aliphatic carbocycles. The van der Waals surface area contributed by atoms with Crippen LogP contribution in [0, 0.1) is 0 Å². The molecule has 0 radical (unpaired) electrons. The van der Waals surface area contributed by atoms with Crippen LogP contribution >= 0.6 is 0 Å². The third-order valence-electron chi connectivity index (χ3n) is 3.33. The predicted molar refractivity (Wildman–Crippen MR) is 85.8 cm³/mol. The van der Waals surface area contributed by atoms with Crippen molar-refractivity contribution in [2.45, 2.75) is 20.8 Å². The van der Waals surface area contributed by atoms with Crippen molar-refractivity contribution in [1.82, 2.24) is 0 Å². The van der Waals surface area contributed by atoms with Crippen molar-refractivity contribution in [2.24, 2.45) is 0 Å². The standard InChI is InChI=1S/C19H20/c1-4-5-8-17-13-14-18-9-6-7-10-19(18)16(3)12-11-15(17)2/h4-14H,1-3H3/b5-4-,14-13+,15-11-,16-12-,17-8+. The molecule has 0 unspecified atom stereocenters. The fraction of sp³-hybridized carbons (Fsp3) is 0.158. The van der Waals surface area contributed by atoms with Gasteiger partial charge in [0.05, 0.1) is 0 Å². The lowest BCUT2D eigenvalue weighted by Crippen LogP contribution is -1.84. The molecule has 0 aromatic heterocycles. The van der Waals surface area contributed by atoms with Gasteiger partial charge in [-0.1, -0.05) is 66.8 Å². The van der Waals surface area contributed by atoms with E-state index in [1.807, 2.05) is 6.92 Å². The average Bonchev–Trinajstić information content (AvgIpc) is 2.49. The van der Waals surface area contributed by atoms with Crippen LogP contribution in [0.25, 0.3) is 11.6 Å². The molecule has 19 heavy (non-hydrogen) atoms. The van der Waals surface area contributed by atoms with Gasteiger partial charge in [0.25, 0.3) is 0 Å². The molecule has 96 valence electrons. The highest BCUT2D eigenvalue weighted by Crippen LogP contribution is 2.24. The first-order valence-corrected chi connectivity index (χ1v) is 6.68. The van der Waals surface area contributed by atoms with Gasteiger partial charge in [0.2, 0.25) is 0 Å². The van der Waals surface area contributed by atoms with Crippen molar-refractivity contribution >= 4 is 11.6 Å². The molecule has 1 aliphatic rings. The topological polar surface area (TPSA) is 0 Å². The molecular weight excluding hydrogens is 228 g/mol. The summed E-state index contributed by atoms with van der Waals surface area (Å²) in [6.45, 7) is 6.35. The normalized spacial score (nSPS) is 24.7. The summed E-state index contributed by atoms with van der Waals surface area (Å²) < 4.78 is 0. The first-order valence-electron chi connectivity index (χ1n) is 6.68. The second kappa shape index (κ2) is 6.19. The summed E-state index contributed by atoms with van der Waals surface area (Å²) >= 11 is 0. The third kappa shape index (κ3) is 3.23. The van der Waals surface area contributed by atoms with Crippen LogP contribution in [0.4, 0.5) is 0 Å². The van der Waals surface area contributed by atoms with Gasteiger partial charge in [0.15, 0.2) is 0 Å². The van der Waals surface area contributed by atoms with Crippen LogP contribution < -0.4 is 0 Å². The van der Waals surface area contributed by atoms with Crippen molar-refractivity contribution in [3.05, 3.63) is 83.0 Å². The van der Waals surface area contributed by atoms with Crippen molar-refractivity contribution in [1.29, 1.82) is 0 Å². The lowest BCUT2D eigenvalue weighted by atomic mass is 10.0. The first-order chi connectivity index (χ1) is 9.22. The fourth-order valence-corrected chi connectivity index (χ4v) is 2.14. The van der Waals surface area contributed by atoms with E-state index in [9.17, 15) is 0 Å². The van der Waals surface area contributed by atoms with Crippen LogP contribution in [0.3, 0.4) is 0 Å². The lowest BCUT2D eigenvalue weighted by Gasteiger charge is -2.04. The molecule has 0 bridgehead atoms. The third-order valence-corrected chi connectivity index (χ3v) is 3.33. The van der Waals surface area contributed by atoms with Crippen LogP contribution in [0.5, 0.6) is 0 Å². The van der Waals surface area contributed by atoms with Crippen molar-refractivity contribution in [3.8, 4) is 0 Å². The highest BCUT2D eigenvalue weighted by molar-refractivity contribution is 5.76. The van der Waals surface area contributed by atoms with E-state index in [0.717, 1.165) is 0 Å². The SMILES string of the molecule is C\C=C/C=C1\C=C\c2ccccc2\C(C)=C/C=C\1C. The molecule has 0 saturated carbocycles. The van der Waals surface area contributed by atoms with Gasteiger partial charge in [-0.3, -0.25) is 0 Å². The van der Waals surface area contributed by atoms with E-state index in [1.54, 1.807) is 0 Å². The van der Waals surface area contributed by atoms with E-state index >= 15 is 0 Å². The number of fused-ring (bicyclic) bond motifs is 1. The number of hydrogen-bond acceptors (Lipinski definition) is 0. The molecule has 0 spiro atoms. The number of allylic oxidation sites excluding steroid dienone is 9. The number of rotatable bonds is 1. The molecule has 0 heterocycles. The Morgan fingerprint density at radius 2 is 1.63 bits per heavy atom. The molecule has 0 nitrogen and oxygen atoms in total. The Hall–Kier alpha value is -2.08. The summed E-state index contributed by atoms with van der Waals surface area (Å²) in [5, 5.41) is 0. The van der Waals surface area contributed by atoms with Crippen LogP contribution in [0.2, 0.25) is 0 Å². The number of hydrogen-bond donors (Lipinski definition) is 0. The molecule has 2 rings (SSSR count). The quantitative estimate of drug-likeness (QED) is 0.610. The minimum Gasteiger partial charge on any atom is -0.0876 e. The van der Waals surface area contributed by atoms with Crippen LogP contribution in [0.1, 0.15) is 31.9 Å². The highest BCUT2D eigenvalue weighted by Gasteiger charge is 2.03. The maximum atomic E-state index is 2.20. The molecule has 0 atom stereocenters. The maximum absolute atomic E-state index is 2.20. The van der Waals surface area contributed by atoms with E-state index < -0.39 is 0 Å². The largest absolute Gasteiger partial charge is 0.0876 e. The number of benzene rings is 1. The summed E-state index contributed by atoms with van der Waals surface area (Å²) in [5.41, 5.74) is 6.40. The summed E-state index contributed by atoms with van der Waals surface area (Å²) in [7, 11) is 0.